The quantitative estimate of drug-likeness (QED) is 0.162. The van der Waals surface area contributed by atoms with Crippen molar-refractivity contribution in [2.75, 3.05) is 52.4 Å². The van der Waals surface area contributed by atoms with Gasteiger partial charge in [-0.1, -0.05) is 75.1 Å². The molecule has 84 heavy (non-hydrogen) atoms. The van der Waals surface area contributed by atoms with Crippen molar-refractivity contribution in [3.05, 3.63) is 0 Å². The second kappa shape index (κ2) is 20.9. The molecule has 3 saturated carbocycles. The largest absolute Gasteiger partial charge is 0.274 e. The molecule has 0 aromatic heterocycles. The van der Waals surface area contributed by atoms with Crippen molar-refractivity contribution in [3.8, 4) is 94.7 Å². The van der Waals surface area contributed by atoms with Crippen LogP contribution in [-0.2, 0) is 76.7 Å². The SMILES string of the molecule is CC1C(=O)N(CC#CC#CCN2C(=O)C3C4C(=O)N(CC#CC#CCN5C(=O)C6C7C(=O)N(CC#CC#CCN8C(=O)C9C%10C(=O)N(CC#CC#CCN%11C(=O)C(C)[C@H](C)C%11=O)C(=O)[C@@H]%10[C@@H]9C8=O)C(=O)C7C6C5=O)C(=O)[C@@H]4[C@@H]3C2=O)C(=O)[C@H]1C. The van der Waals surface area contributed by atoms with E-state index in [-0.39, 0.29) is 49.8 Å². The van der Waals surface area contributed by atoms with Gasteiger partial charge in [0.15, 0.2) is 0 Å². The number of carbonyl (C=O) groups excluding carboxylic acids is 16. The zero-order chi connectivity index (χ0) is 60.1. The summed E-state index contributed by atoms with van der Waals surface area (Å²) >= 11 is 0. The Morgan fingerprint density at radius 1 is 0.190 bits per heavy atom. The molecule has 0 N–H and O–H groups in total. The number of carbonyl (C=O) groups is 16. The smallest absolute Gasteiger partial charge is 0.234 e. The van der Waals surface area contributed by atoms with Gasteiger partial charge in [0.25, 0.3) is 0 Å². The van der Waals surface area contributed by atoms with Gasteiger partial charge in [-0.25, -0.2) is 0 Å². The van der Waals surface area contributed by atoms with Crippen LogP contribution in [0.15, 0.2) is 0 Å². The average Bonchev–Trinajstić information content (AvgIpc) is 1.58. The molecule has 11 aliphatic rings. The van der Waals surface area contributed by atoms with Gasteiger partial charge in [0.1, 0.15) is 0 Å². The summed E-state index contributed by atoms with van der Waals surface area (Å²) in [6.45, 7) is 3.93. The maximum atomic E-state index is 13.4. The van der Waals surface area contributed by atoms with Crippen LogP contribution >= 0.6 is 0 Å². The lowest BCUT2D eigenvalue weighted by atomic mass is 9.59. The van der Waals surface area contributed by atoms with Gasteiger partial charge in [-0.2, -0.15) is 0 Å². The van der Waals surface area contributed by atoms with Crippen LogP contribution in [-0.4, -0.2) is 186 Å². The molecule has 16 amide bonds. The highest BCUT2D eigenvalue weighted by atomic mass is 16.2. The summed E-state index contributed by atoms with van der Waals surface area (Å²) in [4.78, 5) is 216. The molecule has 0 radical (unpaired) electrons. The number of hydrogen-bond donors (Lipinski definition) is 0. The Labute approximate surface area is 478 Å². The zero-order valence-electron chi connectivity index (χ0n) is 45.0. The van der Waals surface area contributed by atoms with Crippen molar-refractivity contribution in [1.82, 2.24) is 39.2 Å². The predicted octanol–water partition coefficient (Wildman–Crippen LogP) is -5.06. The molecule has 8 heterocycles. The number of imide groups is 8. The summed E-state index contributed by atoms with van der Waals surface area (Å²) in [7, 11) is 0. The molecule has 11 fully saturated rings. The van der Waals surface area contributed by atoms with Crippen LogP contribution in [0.2, 0.25) is 0 Å². The first-order chi connectivity index (χ1) is 40.1. The highest BCUT2D eigenvalue weighted by Gasteiger charge is 2.75. The van der Waals surface area contributed by atoms with Gasteiger partial charge in [-0.3, -0.25) is 116 Å². The van der Waals surface area contributed by atoms with Crippen LogP contribution in [0.1, 0.15) is 27.7 Å². The van der Waals surface area contributed by atoms with Crippen LogP contribution in [0.4, 0.5) is 0 Å². The lowest BCUT2D eigenvalue weighted by molar-refractivity contribution is -0.146. The van der Waals surface area contributed by atoms with E-state index in [1.165, 1.54) is 0 Å². The number of hydrogen-bond acceptors (Lipinski definition) is 16. The van der Waals surface area contributed by atoms with Crippen LogP contribution in [0.3, 0.4) is 0 Å². The Hall–Kier alpha value is -10.4. The second-order valence-electron chi connectivity index (χ2n) is 22.0. The van der Waals surface area contributed by atoms with Crippen LogP contribution in [0.25, 0.3) is 0 Å². The summed E-state index contributed by atoms with van der Waals surface area (Å²) in [6, 6.07) is 0. The van der Waals surface area contributed by atoms with Gasteiger partial charge in [0, 0.05) is 23.7 Å². The van der Waals surface area contributed by atoms with E-state index in [1.807, 2.05) is 0 Å². The van der Waals surface area contributed by atoms with Gasteiger partial charge in [0.05, 0.1) is 123 Å². The number of amides is 16. The number of rotatable bonds is 8. The monoisotopic (exact) mass is 1130 g/mol. The summed E-state index contributed by atoms with van der Waals surface area (Å²) in [6.07, 6.45) is 0. The van der Waals surface area contributed by atoms with Crippen molar-refractivity contribution in [1.29, 1.82) is 0 Å². The molecule has 0 bridgehead atoms. The highest BCUT2D eigenvalue weighted by molar-refractivity contribution is 6.20. The molecule has 11 rings (SSSR count). The van der Waals surface area contributed by atoms with Crippen molar-refractivity contribution in [2.45, 2.75) is 27.7 Å². The topological polar surface area (TPSA) is 299 Å². The van der Waals surface area contributed by atoms with E-state index in [0.717, 1.165) is 39.2 Å². The number of likely N-dealkylation sites (tertiary alicyclic amines) is 8. The molecule has 8 aliphatic heterocycles. The molecule has 0 spiro atoms. The minimum absolute atomic E-state index is 0.155. The van der Waals surface area contributed by atoms with Crippen LogP contribution in [0, 0.1) is 189 Å². The fraction of sp³-hybridized carbons (Fsp3) is 0.467. The molecular formula is C60H44N8O16. The highest BCUT2D eigenvalue weighted by Crippen LogP contribution is 2.58. The van der Waals surface area contributed by atoms with E-state index in [0.29, 0.717) is 0 Å². The minimum Gasteiger partial charge on any atom is -0.274 e. The molecule has 0 aromatic rings. The Morgan fingerprint density at radius 3 is 0.393 bits per heavy atom. The molecule has 24 heteroatoms. The first kappa shape index (κ1) is 55.5. The molecule has 0 aromatic carbocycles. The Kier molecular flexibility index (Phi) is 13.8. The van der Waals surface area contributed by atoms with E-state index in [9.17, 15) is 76.7 Å². The molecule has 3 aliphatic carbocycles. The maximum Gasteiger partial charge on any atom is 0.234 e. The molecular weight excluding hydrogens is 1090 g/mol. The fourth-order valence-electron chi connectivity index (χ4n) is 13.3. The number of fused-ring (bicyclic) bond motifs is 12. The molecule has 24 nitrogen and oxygen atoms in total. The normalized spacial score (nSPS) is 33.3. The van der Waals surface area contributed by atoms with E-state index in [2.05, 4.69) is 94.7 Å². The number of nitrogens with zero attached hydrogens (tertiary/aromatic N) is 8. The third-order valence-corrected chi connectivity index (χ3v) is 18.2. The Morgan fingerprint density at radius 2 is 0.286 bits per heavy atom. The van der Waals surface area contributed by atoms with E-state index in [1.54, 1.807) is 27.7 Å². The molecule has 16 atom stereocenters. The minimum atomic E-state index is -1.11. The van der Waals surface area contributed by atoms with Gasteiger partial charge in [-0.05, 0) is 47.4 Å². The first-order valence-corrected chi connectivity index (χ1v) is 26.8. The third-order valence-electron chi connectivity index (χ3n) is 18.2. The van der Waals surface area contributed by atoms with Crippen molar-refractivity contribution in [2.24, 2.45) is 94.7 Å². The van der Waals surface area contributed by atoms with Crippen molar-refractivity contribution in [3.63, 3.8) is 0 Å². The fourth-order valence-corrected chi connectivity index (χ4v) is 13.3. The molecule has 420 valence electrons. The van der Waals surface area contributed by atoms with Gasteiger partial charge >= 0.3 is 0 Å². The van der Waals surface area contributed by atoms with E-state index >= 15 is 0 Å². The van der Waals surface area contributed by atoms with Crippen molar-refractivity contribution < 1.29 is 76.7 Å². The summed E-state index contributed by atoms with van der Waals surface area (Å²) in [5.41, 5.74) is 0. The van der Waals surface area contributed by atoms with Gasteiger partial charge < -0.3 is 0 Å². The zero-order valence-corrected chi connectivity index (χ0v) is 45.0. The first-order valence-electron chi connectivity index (χ1n) is 26.8. The van der Waals surface area contributed by atoms with Crippen molar-refractivity contribution >= 4 is 94.5 Å². The summed E-state index contributed by atoms with van der Waals surface area (Å²) in [5, 5.41) is 0. The molecule has 8 saturated heterocycles. The molecule has 10 unspecified atom stereocenters. The van der Waals surface area contributed by atoms with Crippen LogP contribution < -0.4 is 0 Å². The van der Waals surface area contributed by atoms with Crippen LogP contribution in [0.5, 0.6) is 0 Å². The van der Waals surface area contributed by atoms with Gasteiger partial charge in [-0.15, -0.1) is 0 Å². The standard InChI is InChI=1S/C60H44N8O16/c1-29-30(2)46(70)61(45(29)69)21-13-5-7-15-23-63-49(73)33-34(50(63)74)38-37(33)53(77)65(54(38)78)25-17-9-11-19-27-67-57(81)41-42(58(67)82)44-43(41)59(83)68(60(44)84)28-20-12-10-18-26-66-55(79)39-35-36(40(39)56(66)80)52(76)64(51(35)75)24-16-8-6-14-22-62-47(71)31(3)32(4)48(62)72/h29-44H,21-28H2,1-4H3/t29-,30?,31-,32?,33-,34?,35+,36?,37-,38?,39+,40?,41?,42?,43?,44?/m0/s1. The van der Waals surface area contributed by atoms with E-state index < -0.39 is 192 Å². The van der Waals surface area contributed by atoms with Gasteiger partial charge in [0.2, 0.25) is 94.5 Å². The predicted molar refractivity (Wildman–Crippen MR) is 275 cm³/mol. The Balaban J connectivity index is 0.610. The average molecular weight is 1130 g/mol. The lowest BCUT2D eigenvalue weighted by Gasteiger charge is -2.36. The third kappa shape index (κ3) is 8.12. The summed E-state index contributed by atoms with van der Waals surface area (Å²) in [5.74, 6) is 16.3. The maximum absolute atomic E-state index is 13.4. The lowest BCUT2D eigenvalue weighted by Crippen LogP contribution is -2.50. The van der Waals surface area contributed by atoms with E-state index in [4.69, 9.17) is 0 Å². The summed E-state index contributed by atoms with van der Waals surface area (Å²) < 4.78 is 0. The Bertz CT molecular complexity index is 3450. The second-order valence-corrected chi connectivity index (χ2v) is 22.0.